The first-order chi connectivity index (χ1) is 5.74. The van der Waals surface area contributed by atoms with Gasteiger partial charge < -0.3 is 5.11 Å². The van der Waals surface area contributed by atoms with Gasteiger partial charge in [-0.25, -0.2) is 4.68 Å². The van der Waals surface area contributed by atoms with Gasteiger partial charge in [0.2, 0.25) is 0 Å². The third kappa shape index (κ3) is 2.01. The number of carboxylic acid groups (broad SMARTS) is 1. The van der Waals surface area contributed by atoms with Crippen molar-refractivity contribution in [2.24, 2.45) is 0 Å². The average Bonchev–Trinajstić information content (AvgIpc) is 2.51. The molecule has 0 aromatic carbocycles. The second kappa shape index (κ2) is 3.80. The summed E-state index contributed by atoms with van der Waals surface area (Å²) in [6.07, 6.45) is 2.19. The molecule has 0 aliphatic carbocycles. The van der Waals surface area contributed by atoms with Crippen molar-refractivity contribution in [1.29, 1.82) is 0 Å². The van der Waals surface area contributed by atoms with Crippen LogP contribution in [0.2, 0.25) is 0 Å². The van der Waals surface area contributed by atoms with Gasteiger partial charge in [0.1, 0.15) is 6.33 Å². The van der Waals surface area contributed by atoms with Crippen molar-refractivity contribution in [3.8, 4) is 0 Å². The lowest BCUT2D eigenvalue weighted by atomic mass is 10.1. The first-order valence-electron chi connectivity index (χ1n) is 3.68. The maximum Gasteiger partial charge on any atom is 0.305 e. The summed E-state index contributed by atoms with van der Waals surface area (Å²) in [5.41, 5.74) is 0. The number of tetrazole rings is 1. The Bertz CT molecular complexity index is 246. The number of hydrogen-bond acceptors (Lipinski definition) is 4. The predicted octanol–water partition coefficient (Wildman–Crippen LogP) is 0.0989. The van der Waals surface area contributed by atoms with E-state index in [4.69, 9.17) is 5.11 Å². The Kier molecular flexibility index (Phi) is 2.73. The summed E-state index contributed by atoms with van der Waals surface area (Å²) in [4.78, 5) is 10.4. The SMILES string of the molecule is CCC(CC(=O)O)n1cnnn1. The monoisotopic (exact) mass is 170 g/mol. The van der Waals surface area contributed by atoms with E-state index in [-0.39, 0.29) is 12.5 Å². The van der Waals surface area contributed by atoms with Crippen LogP contribution >= 0.6 is 0 Å². The van der Waals surface area contributed by atoms with E-state index >= 15 is 0 Å². The molecule has 1 N–H and O–H groups in total. The number of hydrogen-bond donors (Lipinski definition) is 1. The molecule has 0 aliphatic heterocycles. The van der Waals surface area contributed by atoms with Gasteiger partial charge in [0.05, 0.1) is 12.5 Å². The van der Waals surface area contributed by atoms with Crippen LogP contribution in [0.25, 0.3) is 0 Å². The largest absolute Gasteiger partial charge is 0.481 e. The molecule has 0 aliphatic rings. The normalized spacial score (nSPS) is 12.8. The lowest BCUT2D eigenvalue weighted by Gasteiger charge is -2.09. The lowest BCUT2D eigenvalue weighted by Crippen LogP contribution is -2.13. The third-order valence-electron chi connectivity index (χ3n) is 1.62. The van der Waals surface area contributed by atoms with Crippen LogP contribution in [0.1, 0.15) is 25.8 Å². The maximum absolute atomic E-state index is 10.4. The average molecular weight is 170 g/mol. The smallest absolute Gasteiger partial charge is 0.305 e. The van der Waals surface area contributed by atoms with Crippen LogP contribution in [0.15, 0.2) is 6.33 Å². The van der Waals surface area contributed by atoms with Crippen LogP contribution in [0.3, 0.4) is 0 Å². The summed E-state index contributed by atoms with van der Waals surface area (Å²) in [5, 5.41) is 19.0. The molecule has 0 fully saturated rings. The summed E-state index contributed by atoms with van der Waals surface area (Å²) < 4.78 is 1.47. The number of aromatic nitrogens is 4. The standard InChI is InChI=1S/C6H10N4O2/c1-2-5(3-6(11)12)10-4-7-8-9-10/h4-5H,2-3H2,1H3,(H,11,12). The molecule has 0 radical (unpaired) electrons. The molecule has 6 heteroatoms. The minimum absolute atomic E-state index is 0.0571. The van der Waals surface area contributed by atoms with Gasteiger partial charge in [0.25, 0.3) is 0 Å². The Morgan fingerprint density at radius 2 is 2.50 bits per heavy atom. The highest BCUT2D eigenvalue weighted by Crippen LogP contribution is 2.12. The summed E-state index contributed by atoms with van der Waals surface area (Å²) in [6, 6.07) is -0.141. The second-order valence-corrected chi connectivity index (χ2v) is 2.45. The van der Waals surface area contributed by atoms with Gasteiger partial charge >= 0.3 is 5.97 Å². The Balaban J connectivity index is 2.63. The van der Waals surface area contributed by atoms with Crippen LogP contribution in [0.4, 0.5) is 0 Å². The van der Waals surface area contributed by atoms with E-state index < -0.39 is 5.97 Å². The zero-order valence-electron chi connectivity index (χ0n) is 6.71. The first-order valence-corrected chi connectivity index (χ1v) is 3.68. The van der Waals surface area contributed by atoms with Crippen molar-refractivity contribution >= 4 is 5.97 Å². The van der Waals surface area contributed by atoms with Crippen LogP contribution in [-0.2, 0) is 4.79 Å². The molecular formula is C6H10N4O2. The van der Waals surface area contributed by atoms with E-state index in [0.29, 0.717) is 6.42 Å². The Morgan fingerprint density at radius 3 is 2.92 bits per heavy atom. The second-order valence-electron chi connectivity index (χ2n) is 2.45. The molecule has 6 nitrogen and oxygen atoms in total. The quantitative estimate of drug-likeness (QED) is 0.693. The van der Waals surface area contributed by atoms with E-state index in [2.05, 4.69) is 15.5 Å². The lowest BCUT2D eigenvalue weighted by molar-refractivity contribution is -0.138. The molecule has 1 rings (SSSR count). The van der Waals surface area contributed by atoms with Gasteiger partial charge in [0.15, 0.2) is 0 Å². The van der Waals surface area contributed by atoms with Gasteiger partial charge in [-0.1, -0.05) is 6.92 Å². The van der Waals surface area contributed by atoms with Crippen LogP contribution in [0.5, 0.6) is 0 Å². The summed E-state index contributed by atoms with van der Waals surface area (Å²) >= 11 is 0. The first kappa shape index (κ1) is 8.63. The highest BCUT2D eigenvalue weighted by molar-refractivity contribution is 5.67. The van der Waals surface area contributed by atoms with Crippen LogP contribution < -0.4 is 0 Å². The van der Waals surface area contributed by atoms with Crippen molar-refractivity contribution in [2.45, 2.75) is 25.8 Å². The molecule has 1 unspecified atom stereocenters. The summed E-state index contributed by atoms with van der Waals surface area (Å²) in [6.45, 7) is 1.90. The minimum atomic E-state index is -0.836. The number of rotatable bonds is 4. The molecular weight excluding hydrogens is 160 g/mol. The van der Waals surface area contributed by atoms with Gasteiger partial charge in [0, 0.05) is 0 Å². The number of carboxylic acids is 1. The molecule has 1 atom stereocenters. The zero-order valence-corrected chi connectivity index (χ0v) is 6.71. The van der Waals surface area contributed by atoms with E-state index in [0.717, 1.165) is 0 Å². The molecule has 1 aromatic heterocycles. The van der Waals surface area contributed by atoms with E-state index in [1.54, 1.807) is 0 Å². The summed E-state index contributed by atoms with van der Waals surface area (Å²) in [5.74, 6) is -0.836. The molecule has 0 bridgehead atoms. The fraction of sp³-hybridized carbons (Fsp3) is 0.667. The fourth-order valence-electron chi connectivity index (χ4n) is 0.962. The predicted molar refractivity (Wildman–Crippen MR) is 39.4 cm³/mol. The number of nitrogens with zero attached hydrogens (tertiary/aromatic N) is 4. The zero-order chi connectivity index (χ0) is 8.97. The molecule has 1 aromatic rings. The maximum atomic E-state index is 10.4. The van der Waals surface area contributed by atoms with Gasteiger partial charge in [-0.3, -0.25) is 4.79 Å². The van der Waals surface area contributed by atoms with Crippen molar-refractivity contribution in [2.75, 3.05) is 0 Å². The fourth-order valence-corrected chi connectivity index (χ4v) is 0.962. The van der Waals surface area contributed by atoms with Crippen LogP contribution in [-0.4, -0.2) is 31.3 Å². The molecule has 0 saturated carbocycles. The minimum Gasteiger partial charge on any atom is -0.481 e. The Hall–Kier alpha value is -1.46. The molecule has 0 amide bonds. The number of carbonyl (C=O) groups is 1. The molecule has 0 spiro atoms. The molecule has 1 heterocycles. The van der Waals surface area contributed by atoms with Gasteiger partial charge in [-0.15, -0.1) is 5.10 Å². The highest BCUT2D eigenvalue weighted by Gasteiger charge is 2.13. The number of aliphatic carboxylic acids is 1. The van der Waals surface area contributed by atoms with Crippen molar-refractivity contribution in [1.82, 2.24) is 20.2 Å². The van der Waals surface area contributed by atoms with Crippen LogP contribution in [0, 0.1) is 0 Å². The van der Waals surface area contributed by atoms with E-state index in [9.17, 15) is 4.79 Å². The Labute approximate surface area is 69.2 Å². The van der Waals surface area contributed by atoms with E-state index in [1.807, 2.05) is 6.92 Å². The van der Waals surface area contributed by atoms with Crippen molar-refractivity contribution in [3.05, 3.63) is 6.33 Å². The van der Waals surface area contributed by atoms with Crippen molar-refractivity contribution < 1.29 is 9.90 Å². The van der Waals surface area contributed by atoms with Gasteiger partial charge in [-0.05, 0) is 16.8 Å². The molecule has 66 valence electrons. The highest BCUT2D eigenvalue weighted by atomic mass is 16.4. The van der Waals surface area contributed by atoms with E-state index in [1.165, 1.54) is 11.0 Å². The summed E-state index contributed by atoms with van der Waals surface area (Å²) in [7, 11) is 0. The molecule has 12 heavy (non-hydrogen) atoms. The Morgan fingerprint density at radius 1 is 1.75 bits per heavy atom. The van der Waals surface area contributed by atoms with Gasteiger partial charge in [-0.2, -0.15) is 0 Å². The molecule has 0 saturated heterocycles. The topological polar surface area (TPSA) is 80.9 Å². The van der Waals surface area contributed by atoms with Crippen molar-refractivity contribution in [3.63, 3.8) is 0 Å². The third-order valence-corrected chi connectivity index (χ3v) is 1.62.